The number of aromatic amines is 1. The van der Waals surface area contributed by atoms with Crippen molar-refractivity contribution in [3.8, 4) is 0 Å². The summed E-state index contributed by atoms with van der Waals surface area (Å²) in [5.41, 5.74) is 1.98. The Bertz CT molecular complexity index is 1020. The van der Waals surface area contributed by atoms with Gasteiger partial charge in [-0.15, -0.1) is 0 Å². The molecule has 3 heterocycles. The van der Waals surface area contributed by atoms with Gasteiger partial charge in [-0.05, 0) is 50.3 Å². The van der Waals surface area contributed by atoms with Crippen LogP contribution in [0, 0.1) is 12.7 Å². The summed E-state index contributed by atoms with van der Waals surface area (Å²) in [4.78, 5) is 32.8. The van der Waals surface area contributed by atoms with Crippen LogP contribution in [0.25, 0.3) is 10.9 Å². The Hall–Kier alpha value is -2.65. The van der Waals surface area contributed by atoms with E-state index in [1.54, 1.807) is 12.1 Å². The van der Waals surface area contributed by atoms with Crippen LogP contribution in [-0.4, -0.2) is 84.4 Å². The van der Waals surface area contributed by atoms with Crippen LogP contribution in [0.1, 0.15) is 54.6 Å². The van der Waals surface area contributed by atoms with Crippen molar-refractivity contribution in [2.24, 2.45) is 0 Å². The number of carbonyl (C=O) groups excluding carboxylic acids is 2. The van der Waals surface area contributed by atoms with Crippen LogP contribution < -0.4 is 5.32 Å². The molecule has 1 saturated carbocycles. The molecule has 0 radical (unpaired) electrons. The predicted octanol–water partition coefficient (Wildman–Crippen LogP) is 3.59. The molecule has 1 aromatic heterocycles. The molecular formula is C26H35FN4O4. The van der Waals surface area contributed by atoms with E-state index in [1.807, 2.05) is 11.8 Å². The van der Waals surface area contributed by atoms with Gasteiger partial charge in [-0.3, -0.25) is 9.69 Å². The number of aromatic nitrogens is 1. The van der Waals surface area contributed by atoms with Crippen LogP contribution in [0.3, 0.4) is 0 Å². The quantitative estimate of drug-likeness (QED) is 0.690. The number of nitrogens with one attached hydrogen (secondary N) is 2. The van der Waals surface area contributed by atoms with E-state index in [1.165, 1.54) is 6.07 Å². The zero-order chi connectivity index (χ0) is 24.4. The number of nitrogens with zero attached hydrogens (tertiary/aromatic N) is 2. The average Bonchev–Trinajstić information content (AvgIpc) is 3.35. The average molecular weight is 487 g/mol. The van der Waals surface area contributed by atoms with Crippen molar-refractivity contribution in [3.63, 3.8) is 0 Å². The Labute approximate surface area is 205 Å². The first kappa shape index (κ1) is 24.1. The maximum Gasteiger partial charge on any atom is 0.410 e. The summed E-state index contributed by atoms with van der Waals surface area (Å²) in [7, 11) is 0. The summed E-state index contributed by atoms with van der Waals surface area (Å²) in [6.07, 6.45) is 5.25. The number of ether oxygens (including phenoxy) is 2. The highest BCUT2D eigenvalue weighted by Gasteiger charge is 2.32. The Kier molecular flexibility index (Phi) is 7.24. The first-order valence-corrected chi connectivity index (χ1v) is 12.8. The molecule has 8 nitrogen and oxygen atoms in total. The maximum atomic E-state index is 14.2. The largest absolute Gasteiger partial charge is 0.446 e. The number of H-pyrrole nitrogens is 1. The second-order valence-corrected chi connectivity index (χ2v) is 10.0. The number of piperazine rings is 1. The van der Waals surface area contributed by atoms with Gasteiger partial charge in [0.2, 0.25) is 0 Å². The van der Waals surface area contributed by atoms with E-state index in [0.29, 0.717) is 48.9 Å². The lowest BCUT2D eigenvalue weighted by Gasteiger charge is -2.42. The predicted molar refractivity (Wildman–Crippen MR) is 130 cm³/mol. The minimum absolute atomic E-state index is 0.0327. The molecule has 9 heteroatoms. The molecule has 3 fully saturated rings. The smallest absolute Gasteiger partial charge is 0.410 e. The van der Waals surface area contributed by atoms with Gasteiger partial charge in [0.25, 0.3) is 5.91 Å². The highest BCUT2D eigenvalue weighted by molar-refractivity contribution is 5.99. The van der Waals surface area contributed by atoms with Crippen LogP contribution in [0.5, 0.6) is 0 Å². The van der Waals surface area contributed by atoms with Gasteiger partial charge < -0.3 is 24.7 Å². The van der Waals surface area contributed by atoms with Crippen LogP contribution in [0.4, 0.5) is 9.18 Å². The molecule has 1 aromatic carbocycles. The monoisotopic (exact) mass is 486 g/mol. The van der Waals surface area contributed by atoms with Gasteiger partial charge in [0, 0.05) is 56.5 Å². The van der Waals surface area contributed by atoms with Crippen LogP contribution in [0.2, 0.25) is 0 Å². The molecule has 2 N–H and O–H groups in total. The summed E-state index contributed by atoms with van der Waals surface area (Å²) in [6.45, 7) is 6.16. The molecule has 35 heavy (non-hydrogen) atoms. The molecule has 190 valence electrons. The molecule has 0 unspecified atom stereocenters. The number of hydrogen-bond donors (Lipinski definition) is 2. The van der Waals surface area contributed by atoms with Gasteiger partial charge in [-0.25, -0.2) is 9.18 Å². The fourth-order valence-corrected chi connectivity index (χ4v) is 5.62. The minimum atomic E-state index is -0.325. The van der Waals surface area contributed by atoms with Gasteiger partial charge >= 0.3 is 6.09 Å². The molecule has 2 saturated heterocycles. The van der Waals surface area contributed by atoms with E-state index in [0.717, 1.165) is 57.2 Å². The van der Waals surface area contributed by atoms with Gasteiger partial charge in [0.15, 0.2) is 0 Å². The minimum Gasteiger partial charge on any atom is -0.446 e. The molecule has 1 aliphatic carbocycles. The first-order valence-electron chi connectivity index (χ1n) is 12.8. The summed E-state index contributed by atoms with van der Waals surface area (Å²) in [6, 6.07) is 5.21. The van der Waals surface area contributed by atoms with Crippen LogP contribution in [0.15, 0.2) is 18.2 Å². The van der Waals surface area contributed by atoms with Crippen LogP contribution >= 0.6 is 0 Å². The number of halogens is 1. The Balaban J connectivity index is 1.12. The maximum absolute atomic E-state index is 14.2. The van der Waals surface area contributed by atoms with Crippen molar-refractivity contribution in [2.75, 3.05) is 39.4 Å². The van der Waals surface area contributed by atoms with E-state index in [2.05, 4.69) is 15.2 Å². The number of rotatable bonds is 4. The van der Waals surface area contributed by atoms with Crippen molar-refractivity contribution in [1.82, 2.24) is 20.1 Å². The normalized spacial score (nSPS) is 24.5. The number of benzene rings is 1. The number of aryl methyl sites for hydroxylation is 1. The number of amides is 2. The van der Waals surface area contributed by atoms with Crippen molar-refractivity contribution in [3.05, 3.63) is 35.3 Å². The summed E-state index contributed by atoms with van der Waals surface area (Å²) in [5, 5.41) is 3.61. The van der Waals surface area contributed by atoms with Gasteiger partial charge in [0.1, 0.15) is 17.6 Å². The lowest BCUT2D eigenvalue weighted by atomic mass is 9.89. The third-order valence-corrected chi connectivity index (χ3v) is 7.70. The number of carbonyl (C=O) groups is 2. The summed E-state index contributed by atoms with van der Waals surface area (Å²) in [5.74, 6) is -0.513. The van der Waals surface area contributed by atoms with Gasteiger partial charge in [-0.2, -0.15) is 0 Å². The second-order valence-electron chi connectivity index (χ2n) is 10.0. The molecule has 2 atom stereocenters. The first-order chi connectivity index (χ1) is 17.0. The Morgan fingerprint density at radius 3 is 2.63 bits per heavy atom. The van der Waals surface area contributed by atoms with Crippen molar-refractivity contribution in [1.29, 1.82) is 0 Å². The molecule has 2 amide bonds. The second kappa shape index (κ2) is 10.5. The molecule has 0 spiro atoms. The van der Waals surface area contributed by atoms with Gasteiger partial charge in [-0.1, -0.05) is 6.07 Å². The van der Waals surface area contributed by atoms with E-state index in [-0.39, 0.29) is 30.0 Å². The van der Waals surface area contributed by atoms with Crippen molar-refractivity contribution >= 4 is 22.9 Å². The zero-order valence-corrected chi connectivity index (χ0v) is 20.4. The van der Waals surface area contributed by atoms with Crippen molar-refractivity contribution in [2.45, 2.75) is 63.6 Å². The topological polar surface area (TPSA) is 86.9 Å². The standard InChI is InChI=1S/C26H35FN4O4/c1-17-5-6-22(27)21-16-23(29-24(17)21)25(32)28-18-3-2-4-19(15-18)30-9-11-31(12-10-30)26(33)35-20-7-13-34-14-8-20/h5-6,16,18-20,29H,2-4,7-15H2,1H3,(H,28,32)/t18-,19-/m1/s1. The molecular weight excluding hydrogens is 451 g/mol. The fourth-order valence-electron chi connectivity index (χ4n) is 5.62. The summed E-state index contributed by atoms with van der Waals surface area (Å²) >= 11 is 0. The highest BCUT2D eigenvalue weighted by atomic mass is 19.1. The zero-order valence-electron chi connectivity index (χ0n) is 20.4. The Morgan fingerprint density at radius 2 is 1.89 bits per heavy atom. The van der Waals surface area contributed by atoms with E-state index in [9.17, 15) is 14.0 Å². The van der Waals surface area contributed by atoms with Crippen molar-refractivity contribution < 1.29 is 23.5 Å². The molecule has 5 rings (SSSR count). The third kappa shape index (κ3) is 5.46. The fraction of sp³-hybridized carbons (Fsp3) is 0.615. The molecule has 0 bridgehead atoms. The van der Waals surface area contributed by atoms with Crippen LogP contribution in [-0.2, 0) is 9.47 Å². The number of fused-ring (bicyclic) bond motifs is 1. The SMILES string of the molecule is Cc1ccc(F)c2cc(C(=O)N[C@@H]3CCC[C@@H](N4CCN(C(=O)OC5CCOCC5)CC4)C3)[nH]c12. The summed E-state index contributed by atoms with van der Waals surface area (Å²) < 4.78 is 25.2. The molecule has 3 aliphatic rings. The molecule has 2 aromatic rings. The van der Waals surface area contributed by atoms with E-state index < -0.39 is 0 Å². The third-order valence-electron chi connectivity index (χ3n) is 7.70. The van der Waals surface area contributed by atoms with E-state index >= 15 is 0 Å². The number of hydrogen-bond acceptors (Lipinski definition) is 5. The van der Waals surface area contributed by atoms with E-state index in [4.69, 9.17) is 9.47 Å². The molecule has 2 aliphatic heterocycles. The Morgan fingerprint density at radius 1 is 1.11 bits per heavy atom. The lowest BCUT2D eigenvalue weighted by Crippen LogP contribution is -2.54. The van der Waals surface area contributed by atoms with Gasteiger partial charge in [0.05, 0.1) is 18.7 Å². The lowest BCUT2D eigenvalue weighted by molar-refractivity contribution is -0.0171. The highest BCUT2D eigenvalue weighted by Crippen LogP contribution is 2.26.